The summed E-state index contributed by atoms with van der Waals surface area (Å²) < 4.78 is 10.2. The second kappa shape index (κ2) is 7.58. The Balaban J connectivity index is 2.89. The van der Waals surface area contributed by atoms with E-state index in [1.54, 1.807) is 6.92 Å². The third kappa shape index (κ3) is 4.42. The molecule has 0 radical (unpaired) electrons. The van der Waals surface area contributed by atoms with Gasteiger partial charge < -0.3 is 25.2 Å². The molecule has 1 aromatic rings. The number of ether oxygens (including phenoxy) is 2. The summed E-state index contributed by atoms with van der Waals surface area (Å²) in [6.45, 7) is 1.66. The van der Waals surface area contributed by atoms with Gasteiger partial charge in [0.15, 0.2) is 0 Å². The Morgan fingerprint density at radius 3 is 2.38 bits per heavy atom. The summed E-state index contributed by atoms with van der Waals surface area (Å²) in [5, 5.41) is 14.0. The summed E-state index contributed by atoms with van der Waals surface area (Å²) in [6.07, 6.45) is 0.267. The number of amides is 2. The summed E-state index contributed by atoms with van der Waals surface area (Å²) in [5.74, 6) is -0.362. The first-order chi connectivity index (χ1) is 9.92. The van der Waals surface area contributed by atoms with Gasteiger partial charge in [0.1, 0.15) is 17.5 Å². The van der Waals surface area contributed by atoms with Gasteiger partial charge in [0.25, 0.3) is 0 Å². The number of hydrogen-bond donors (Lipinski definition) is 3. The molecule has 8 heteroatoms. The number of carbonyl (C=O) groups excluding carboxylic acids is 1. The van der Waals surface area contributed by atoms with Crippen LogP contribution < -0.4 is 20.1 Å². The molecule has 0 saturated carbocycles. The third-order valence-corrected chi connectivity index (χ3v) is 3.03. The minimum absolute atomic E-state index is 0.267. The van der Waals surface area contributed by atoms with Crippen LogP contribution in [0.15, 0.2) is 12.1 Å². The van der Waals surface area contributed by atoms with Gasteiger partial charge >= 0.3 is 12.0 Å². The maximum absolute atomic E-state index is 11.8. The van der Waals surface area contributed by atoms with Gasteiger partial charge in [-0.2, -0.15) is 0 Å². The zero-order valence-corrected chi connectivity index (χ0v) is 12.7. The zero-order chi connectivity index (χ0) is 16.0. The average molecular weight is 317 g/mol. The topological polar surface area (TPSA) is 96.9 Å². The molecule has 1 rings (SSSR count). The van der Waals surface area contributed by atoms with Crippen LogP contribution in [-0.2, 0) is 4.79 Å². The fraction of sp³-hybridized carbons (Fsp3) is 0.385. The van der Waals surface area contributed by atoms with Gasteiger partial charge in [-0.05, 0) is 12.5 Å². The number of nitrogens with one attached hydrogen (secondary N) is 2. The Kier molecular flexibility index (Phi) is 6.10. The third-order valence-electron chi connectivity index (χ3n) is 2.73. The van der Waals surface area contributed by atoms with Crippen LogP contribution in [-0.4, -0.2) is 37.4 Å². The molecule has 0 aromatic heterocycles. The Bertz CT molecular complexity index is 536. The zero-order valence-electron chi connectivity index (χ0n) is 11.9. The van der Waals surface area contributed by atoms with Gasteiger partial charge in [0.2, 0.25) is 0 Å². The fourth-order valence-corrected chi connectivity index (χ4v) is 1.85. The van der Waals surface area contributed by atoms with Gasteiger partial charge in [0, 0.05) is 6.07 Å². The lowest BCUT2D eigenvalue weighted by molar-refractivity contribution is -0.139. The SMILES string of the molecule is CCC(NC(=O)Nc1cc(Cl)c(OC)cc1OC)C(=O)O. The van der Waals surface area contributed by atoms with E-state index in [9.17, 15) is 9.59 Å². The molecule has 0 saturated heterocycles. The Morgan fingerprint density at radius 2 is 1.90 bits per heavy atom. The highest BCUT2D eigenvalue weighted by Crippen LogP contribution is 2.35. The predicted molar refractivity (Wildman–Crippen MR) is 78.4 cm³/mol. The van der Waals surface area contributed by atoms with E-state index in [4.69, 9.17) is 26.2 Å². The molecule has 0 spiro atoms. The number of halogens is 1. The number of benzene rings is 1. The van der Waals surface area contributed by atoms with Crippen LogP contribution in [0.25, 0.3) is 0 Å². The molecule has 0 heterocycles. The number of anilines is 1. The highest BCUT2D eigenvalue weighted by Gasteiger charge is 2.19. The summed E-state index contributed by atoms with van der Waals surface area (Å²) >= 11 is 5.98. The number of aliphatic carboxylic acids is 1. The van der Waals surface area contributed by atoms with Gasteiger partial charge in [-0.15, -0.1) is 0 Å². The summed E-state index contributed by atoms with van der Waals surface area (Å²) in [6, 6.07) is 1.35. The second-order valence-electron chi connectivity index (χ2n) is 4.08. The molecular weight excluding hydrogens is 300 g/mol. The number of urea groups is 1. The molecule has 0 aliphatic rings. The van der Waals surface area contributed by atoms with Crippen LogP contribution in [0.1, 0.15) is 13.3 Å². The Morgan fingerprint density at radius 1 is 1.29 bits per heavy atom. The van der Waals surface area contributed by atoms with Gasteiger partial charge in [-0.3, -0.25) is 0 Å². The molecule has 0 bridgehead atoms. The highest BCUT2D eigenvalue weighted by atomic mass is 35.5. The van der Waals surface area contributed by atoms with Crippen molar-refractivity contribution >= 4 is 29.3 Å². The number of carbonyl (C=O) groups is 2. The molecule has 0 fully saturated rings. The molecule has 116 valence electrons. The van der Waals surface area contributed by atoms with E-state index >= 15 is 0 Å². The first-order valence-electron chi connectivity index (χ1n) is 6.14. The van der Waals surface area contributed by atoms with Crippen LogP contribution in [0.4, 0.5) is 10.5 Å². The van der Waals surface area contributed by atoms with Crippen molar-refractivity contribution in [1.29, 1.82) is 0 Å². The van der Waals surface area contributed by atoms with Gasteiger partial charge in [-0.1, -0.05) is 18.5 Å². The van der Waals surface area contributed by atoms with Crippen molar-refractivity contribution < 1.29 is 24.2 Å². The van der Waals surface area contributed by atoms with Crippen molar-refractivity contribution in [3.63, 3.8) is 0 Å². The minimum Gasteiger partial charge on any atom is -0.495 e. The first-order valence-corrected chi connectivity index (χ1v) is 6.52. The molecule has 0 aliphatic heterocycles. The quantitative estimate of drug-likeness (QED) is 0.748. The molecule has 1 unspecified atom stereocenters. The number of carboxylic acid groups (broad SMARTS) is 1. The van der Waals surface area contributed by atoms with Crippen molar-refractivity contribution in [1.82, 2.24) is 5.32 Å². The molecule has 7 nitrogen and oxygen atoms in total. The van der Waals surface area contributed by atoms with E-state index in [0.717, 1.165) is 0 Å². The number of carboxylic acids is 1. The normalized spacial score (nSPS) is 11.4. The first kappa shape index (κ1) is 16.9. The minimum atomic E-state index is -1.10. The lowest BCUT2D eigenvalue weighted by atomic mass is 10.2. The monoisotopic (exact) mass is 316 g/mol. The summed E-state index contributed by atoms with van der Waals surface area (Å²) in [4.78, 5) is 22.7. The van der Waals surface area contributed by atoms with Gasteiger partial charge in [0.05, 0.1) is 24.9 Å². The summed E-state index contributed by atoms with van der Waals surface area (Å²) in [5.41, 5.74) is 0.307. The van der Waals surface area contributed by atoms with Crippen molar-refractivity contribution in [2.45, 2.75) is 19.4 Å². The molecule has 1 aromatic carbocycles. The van der Waals surface area contributed by atoms with E-state index in [-0.39, 0.29) is 6.42 Å². The van der Waals surface area contributed by atoms with E-state index in [1.807, 2.05) is 0 Å². The van der Waals surface area contributed by atoms with Crippen LogP contribution >= 0.6 is 11.6 Å². The standard InChI is InChI=1S/C13H17ClN2O5/c1-4-8(12(17)18)15-13(19)16-9-5-7(14)10(20-2)6-11(9)21-3/h5-6,8H,4H2,1-3H3,(H,17,18)(H2,15,16,19). The van der Waals surface area contributed by atoms with Crippen LogP contribution in [0.3, 0.4) is 0 Å². The lowest BCUT2D eigenvalue weighted by Crippen LogP contribution is -2.42. The molecule has 3 N–H and O–H groups in total. The average Bonchev–Trinajstić information content (AvgIpc) is 2.44. The van der Waals surface area contributed by atoms with E-state index < -0.39 is 18.0 Å². The van der Waals surface area contributed by atoms with Crippen molar-refractivity contribution in [2.24, 2.45) is 0 Å². The lowest BCUT2D eigenvalue weighted by Gasteiger charge is -2.16. The van der Waals surface area contributed by atoms with E-state index in [1.165, 1.54) is 26.4 Å². The van der Waals surface area contributed by atoms with Crippen LogP contribution in [0.2, 0.25) is 5.02 Å². The van der Waals surface area contributed by atoms with Crippen molar-refractivity contribution in [3.8, 4) is 11.5 Å². The van der Waals surface area contributed by atoms with Gasteiger partial charge in [-0.25, -0.2) is 9.59 Å². The van der Waals surface area contributed by atoms with Crippen LogP contribution in [0.5, 0.6) is 11.5 Å². The van der Waals surface area contributed by atoms with Crippen LogP contribution in [0, 0.1) is 0 Å². The molecule has 0 aliphatic carbocycles. The number of rotatable bonds is 6. The molecule has 2 amide bonds. The van der Waals surface area contributed by atoms with E-state index in [0.29, 0.717) is 22.2 Å². The van der Waals surface area contributed by atoms with Crippen molar-refractivity contribution in [2.75, 3.05) is 19.5 Å². The number of methoxy groups -OCH3 is 2. The molecule has 21 heavy (non-hydrogen) atoms. The highest BCUT2D eigenvalue weighted by molar-refractivity contribution is 6.32. The molecule has 1 atom stereocenters. The predicted octanol–water partition coefficient (Wildman–Crippen LogP) is 2.34. The Labute approximate surface area is 127 Å². The Hall–Kier alpha value is -2.15. The number of hydrogen-bond acceptors (Lipinski definition) is 4. The maximum Gasteiger partial charge on any atom is 0.326 e. The summed E-state index contributed by atoms with van der Waals surface area (Å²) in [7, 11) is 2.89. The van der Waals surface area contributed by atoms with E-state index in [2.05, 4.69) is 10.6 Å². The largest absolute Gasteiger partial charge is 0.495 e. The molecular formula is C13H17ClN2O5. The second-order valence-corrected chi connectivity index (χ2v) is 4.49. The smallest absolute Gasteiger partial charge is 0.326 e. The maximum atomic E-state index is 11.8. The fourth-order valence-electron chi connectivity index (χ4n) is 1.61. The van der Waals surface area contributed by atoms with Crippen molar-refractivity contribution in [3.05, 3.63) is 17.2 Å².